The first kappa shape index (κ1) is 12.0. The van der Waals surface area contributed by atoms with E-state index in [2.05, 4.69) is 16.1 Å². The minimum absolute atomic E-state index is 0.764. The van der Waals surface area contributed by atoms with Crippen molar-refractivity contribution in [2.45, 2.75) is 44.6 Å². The lowest BCUT2D eigenvalue weighted by atomic mass is 9.51. The Kier molecular flexibility index (Phi) is 2.91. The number of aromatic nitrogens is 2. The first-order valence-corrected chi connectivity index (χ1v) is 8.00. The van der Waals surface area contributed by atoms with Crippen molar-refractivity contribution in [2.75, 3.05) is 13.6 Å². The molecule has 0 radical (unpaired) electrons. The maximum atomic E-state index is 4.75. The van der Waals surface area contributed by atoms with Crippen molar-refractivity contribution in [3.05, 3.63) is 18.2 Å². The minimum Gasteiger partial charge on any atom is -0.333 e. The first-order chi connectivity index (χ1) is 9.35. The number of likely N-dealkylation sites (N-methyl/N-ethyl adjacent to an activating group) is 1. The highest BCUT2D eigenvalue weighted by atomic mass is 15.1. The summed E-state index contributed by atoms with van der Waals surface area (Å²) in [4.78, 5) is 4.75. The van der Waals surface area contributed by atoms with Crippen molar-refractivity contribution in [3.8, 4) is 0 Å². The van der Waals surface area contributed by atoms with E-state index in [4.69, 9.17) is 4.98 Å². The van der Waals surface area contributed by atoms with Gasteiger partial charge in [0.1, 0.15) is 5.82 Å². The molecule has 1 aromatic heterocycles. The Morgan fingerprint density at radius 3 is 2.47 bits per heavy atom. The molecule has 104 valence electrons. The van der Waals surface area contributed by atoms with Crippen LogP contribution in [0.1, 0.15) is 43.8 Å². The molecule has 4 aliphatic carbocycles. The van der Waals surface area contributed by atoms with Gasteiger partial charge in [0.2, 0.25) is 0 Å². The van der Waals surface area contributed by atoms with Crippen LogP contribution in [0, 0.1) is 23.7 Å². The van der Waals surface area contributed by atoms with Gasteiger partial charge in [-0.2, -0.15) is 0 Å². The molecule has 1 N–H and O–H groups in total. The molecule has 0 aliphatic heterocycles. The molecule has 19 heavy (non-hydrogen) atoms. The number of nitrogens with one attached hydrogen (secondary N) is 1. The Bertz CT molecular complexity index is 423. The Morgan fingerprint density at radius 1 is 1.16 bits per heavy atom. The third-order valence-corrected chi connectivity index (χ3v) is 5.88. The van der Waals surface area contributed by atoms with Gasteiger partial charge in [-0.25, -0.2) is 4.98 Å². The molecular formula is C16H25N3. The van der Waals surface area contributed by atoms with Gasteiger partial charge in [-0.05, 0) is 62.8 Å². The van der Waals surface area contributed by atoms with Gasteiger partial charge >= 0.3 is 0 Å². The van der Waals surface area contributed by atoms with Crippen LogP contribution in [0.3, 0.4) is 0 Å². The second-order valence-corrected chi connectivity index (χ2v) is 7.04. The summed E-state index contributed by atoms with van der Waals surface area (Å²) in [5.74, 6) is 6.14. The first-order valence-electron chi connectivity index (χ1n) is 8.00. The van der Waals surface area contributed by atoms with Crippen LogP contribution in [0.2, 0.25) is 0 Å². The maximum absolute atomic E-state index is 4.75. The lowest BCUT2D eigenvalue weighted by molar-refractivity contribution is -0.00674. The van der Waals surface area contributed by atoms with Crippen molar-refractivity contribution in [2.24, 2.45) is 23.7 Å². The van der Waals surface area contributed by atoms with E-state index in [1.165, 1.54) is 37.9 Å². The fourth-order valence-corrected chi connectivity index (χ4v) is 5.39. The molecule has 3 heteroatoms. The van der Waals surface area contributed by atoms with Crippen molar-refractivity contribution in [3.63, 3.8) is 0 Å². The monoisotopic (exact) mass is 259 g/mol. The normalized spacial score (nSPS) is 39.9. The largest absolute Gasteiger partial charge is 0.333 e. The van der Waals surface area contributed by atoms with Gasteiger partial charge in [-0.1, -0.05) is 0 Å². The van der Waals surface area contributed by atoms with E-state index < -0.39 is 0 Å². The molecular weight excluding hydrogens is 234 g/mol. The number of nitrogens with zero attached hydrogens (tertiary/aromatic N) is 2. The number of hydrogen-bond donors (Lipinski definition) is 1. The highest BCUT2D eigenvalue weighted by molar-refractivity contribution is 5.12. The van der Waals surface area contributed by atoms with Gasteiger partial charge in [0.25, 0.3) is 0 Å². The molecule has 4 aliphatic rings. The SMILES string of the molecule is CNCCn1ccnc1C1C2CC3CC(C2)CC1C3. The molecule has 4 fully saturated rings. The third kappa shape index (κ3) is 1.94. The fraction of sp³-hybridized carbons (Fsp3) is 0.812. The Balaban J connectivity index is 1.60. The summed E-state index contributed by atoms with van der Waals surface area (Å²) in [6, 6.07) is 0. The summed E-state index contributed by atoms with van der Waals surface area (Å²) >= 11 is 0. The molecule has 4 saturated carbocycles. The van der Waals surface area contributed by atoms with Gasteiger partial charge in [0, 0.05) is 31.4 Å². The van der Waals surface area contributed by atoms with Crippen LogP contribution in [0.15, 0.2) is 12.4 Å². The zero-order valence-corrected chi connectivity index (χ0v) is 11.9. The predicted octanol–water partition coefficient (Wildman–Crippen LogP) is 2.64. The summed E-state index contributed by atoms with van der Waals surface area (Å²) in [6.45, 7) is 2.10. The van der Waals surface area contributed by atoms with Crippen molar-refractivity contribution >= 4 is 0 Å². The van der Waals surface area contributed by atoms with Crippen molar-refractivity contribution in [1.29, 1.82) is 0 Å². The molecule has 3 nitrogen and oxygen atoms in total. The van der Waals surface area contributed by atoms with E-state index >= 15 is 0 Å². The second kappa shape index (κ2) is 4.62. The van der Waals surface area contributed by atoms with Gasteiger partial charge in [0.15, 0.2) is 0 Å². The van der Waals surface area contributed by atoms with E-state index in [1.54, 1.807) is 0 Å². The van der Waals surface area contributed by atoms with Crippen molar-refractivity contribution < 1.29 is 0 Å². The summed E-state index contributed by atoms with van der Waals surface area (Å²) in [7, 11) is 2.03. The van der Waals surface area contributed by atoms with E-state index in [-0.39, 0.29) is 0 Å². The van der Waals surface area contributed by atoms with Crippen LogP contribution >= 0.6 is 0 Å². The fourth-order valence-electron chi connectivity index (χ4n) is 5.39. The zero-order chi connectivity index (χ0) is 12.8. The van der Waals surface area contributed by atoms with Crippen LogP contribution in [-0.2, 0) is 6.54 Å². The van der Waals surface area contributed by atoms with Gasteiger partial charge in [-0.15, -0.1) is 0 Å². The Hall–Kier alpha value is -0.830. The maximum Gasteiger partial charge on any atom is 0.112 e. The second-order valence-electron chi connectivity index (χ2n) is 7.04. The average Bonchev–Trinajstić information content (AvgIpc) is 2.83. The molecule has 0 atom stereocenters. The van der Waals surface area contributed by atoms with E-state index in [0.29, 0.717) is 0 Å². The summed E-state index contributed by atoms with van der Waals surface area (Å²) in [6.07, 6.45) is 11.7. The molecule has 1 aromatic rings. The summed E-state index contributed by atoms with van der Waals surface area (Å²) in [5, 5.41) is 3.25. The van der Waals surface area contributed by atoms with Gasteiger partial charge in [0.05, 0.1) is 0 Å². The molecule has 0 aromatic carbocycles. The molecule has 0 unspecified atom stereocenters. The Labute approximate surface area is 115 Å². The lowest BCUT2D eigenvalue weighted by Crippen LogP contribution is -2.44. The van der Waals surface area contributed by atoms with Crippen LogP contribution in [-0.4, -0.2) is 23.1 Å². The molecule has 0 spiro atoms. The third-order valence-electron chi connectivity index (χ3n) is 5.88. The Morgan fingerprint density at radius 2 is 1.84 bits per heavy atom. The lowest BCUT2D eigenvalue weighted by Gasteiger charge is -2.54. The topological polar surface area (TPSA) is 29.9 Å². The summed E-state index contributed by atoms with van der Waals surface area (Å²) < 4.78 is 2.41. The minimum atomic E-state index is 0.764. The van der Waals surface area contributed by atoms with Crippen molar-refractivity contribution in [1.82, 2.24) is 14.9 Å². The molecule has 0 amide bonds. The number of rotatable bonds is 4. The smallest absolute Gasteiger partial charge is 0.112 e. The van der Waals surface area contributed by atoms with Crippen LogP contribution < -0.4 is 5.32 Å². The van der Waals surface area contributed by atoms with Gasteiger partial charge < -0.3 is 9.88 Å². The molecule has 4 bridgehead atoms. The number of hydrogen-bond acceptors (Lipinski definition) is 2. The van der Waals surface area contributed by atoms with E-state index in [0.717, 1.165) is 42.7 Å². The zero-order valence-electron chi connectivity index (χ0n) is 11.9. The van der Waals surface area contributed by atoms with Crippen LogP contribution in [0.4, 0.5) is 0 Å². The summed E-state index contributed by atoms with van der Waals surface area (Å²) in [5.41, 5.74) is 0. The quantitative estimate of drug-likeness (QED) is 0.901. The standard InChI is InChI=1S/C16H25N3/c1-17-2-4-19-5-3-18-16(19)15-13-7-11-6-12(9-13)10-14(15)8-11/h3,5,11-15,17H,2,4,6-10H2,1H3. The average molecular weight is 259 g/mol. The number of imidazole rings is 1. The van der Waals surface area contributed by atoms with Crippen LogP contribution in [0.5, 0.6) is 0 Å². The highest BCUT2D eigenvalue weighted by Gasteiger charge is 2.49. The predicted molar refractivity (Wildman–Crippen MR) is 75.9 cm³/mol. The van der Waals surface area contributed by atoms with E-state index in [9.17, 15) is 0 Å². The van der Waals surface area contributed by atoms with E-state index in [1.807, 2.05) is 13.2 Å². The highest BCUT2D eigenvalue weighted by Crippen LogP contribution is 2.59. The molecule has 0 saturated heterocycles. The van der Waals surface area contributed by atoms with Crippen LogP contribution in [0.25, 0.3) is 0 Å². The van der Waals surface area contributed by atoms with Gasteiger partial charge in [-0.3, -0.25) is 0 Å². The molecule has 1 heterocycles. The molecule has 5 rings (SSSR count).